The third-order valence-corrected chi connectivity index (χ3v) is 4.47. The molecule has 0 saturated carbocycles. The fraction of sp³-hybridized carbons (Fsp3) is 0.167. The van der Waals surface area contributed by atoms with E-state index in [1.807, 2.05) is 54.4 Å². The third kappa shape index (κ3) is 4.68. The first-order valence-electron chi connectivity index (χ1n) is 7.79. The van der Waals surface area contributed by atoms with Crippen molar-refractivity contribution < 1.29 is 19.6 Å². The Hall–Kier alpha value is -2.64. The van der Waals surface area contributed by atoms with E-state index in [0.717, 1.165) is 34.2 Å². The van der Waals surface area contributed by atoms with Crippen LogP contribution in [-0.2, 0) is 4.79 Å². The molecule has 1 fully saturated rings. The maximum absolute atomic E-state index is 11.6. The number of carbonyl (C=O) groups excluding carboxylic acids is 2. The number of ether oxygens (including phenoxy) is 1. The normalized spacial score (nSPS) is 15.6. The van der Waals surface area contributed by atoms with E-state index in [1.54, 1.807) is 12.3 Å². The molecule has 7 heteroatoms. The minimum absolute atomic E-state index is 0.215. The Balaban J connectivity index is 1.52. The van der Waals surface area contributed by atoms with Gasteiger partial charge in [-0.25, -0.2) is 19.9 Å². The van der Waals surface area contributed by atoms with Crippen molar-refractivity contribution in [3.05, 3.63) is 59.1 Å². The van der Waals surface area contributed by atoms with Crippen LogP contribution in [0.2, 0.25) is 0 Å². The summed E-state index contributed by atoms with van der Waals surface area (Å²) in [5, 5.41) is 0.903. The van der Waals surface area contributed by atoms with E-state index in [1.165, 1.54) is 0 Å². The molecule has 0 unspecified atom stereocenters. The minimum Gasteiger partial charge on any atom is -0.492 e. The highest BCUT2D eigenvalue weighted by atomic mass is 32.2. The molecule has 2 aromatic rings. The first-order chi connectivity index (χ1) is 12.1. The summed E-state index contributed by atoms with van der Waals surface area (Å²) in [5.41, 5.74) is 0.858. The molecule has 1 aliphatic rings. The van der Waals surface area contributed by atoms with Gasteiger partial charge in [0.15, 0.2) is 0 Å². The second-order valence-corrected chi connectivity index (χ2v) is 6.51. The quantitative estimate of drug-likeness (QED) is 0.797. The van der Waals surface area contributed by atoms with Gasteiger partial charge in [0.25, 0.3) is 0 Å². The van der Waals surface area contributed by atoms with Gasteiger partial charge in [0.05, 0.1) is 6.54 Å². The summed E-state index contributed by atoms with van der Waals surface area (Å²) in [6.07, 6.45) is 3.48. The number of hydrogen-bond donors (Lipinski definition) is 1. The molecular weight excluding hydrogens is 338 g/mol. The average Bonchev–Trinajstić information content (AvgIpc) is 2.94. The van der Waals surface area contributed by atoms with E-state index >= 15 is 0 Å². The monoisotopic (exact) mass is 356 g/mol. The van der Waals surface area contributed by atoms with Gasteiger partial charge in [0.1, 0.15) is 23.1 Å². The molecule has 2 heterocycles. The maximum Gasteiger partial charge on any atom is 0.384 e. The number of quaternary nitrogens is 1. The largest absolute Gasteiger partial charge is 0.492 e. The molecule has 0 spiro atoms. The lowest BCUT2D eigenvalue weighted by Gasteiger charge is -2.18. The molecule has 0 aliphatic carbocycles. The number of likely N-dealkylation sites (N-methyl/N-ethyl adjacent to an activating group) is 1. The van der Waals surface area contributed by atoms with Gasteiger partial charge in [0, 0.05) is 25.0 Å². The molecule has 2 amide bonds. The highest BCUT2D eigenvalue weighted by Gasteiger charge is 2.31. The second-order valence-electron chi connectivity index (χ2n) is 5.47. The van der Waals surface area contributed by atoms with Crippen molar-refractivity contribution in [3.63, 3.8) is 0 Å². The Labute approximate surface area is 149 Å². The van der Waals surface area contributed by atoms with Gasteiger partial charge in [-0.2, -0.15) is 0 Å². The second kappa shape index (κ2) is 7.96. The SMILES string of the molecule is CN(CCOc1ccc(C=C2SC(=O)[NH2+]C2=O)cc1)c1ccccn1. The van der Waals surface area contributed by atoms with Crippen LogP contribution >= 0.6 is 11.8 Å². The Kier molecular flexibility index (Phi) is 5.47. The van der Waals surface area contributed by atoms with Crippen LogP contribution in [-0.4, -0.2) is 36.3 Å². The van der Waals surface area contributed by atoms with Gasteiger partial charge in [-0.1, -0.05) is 18.2 Å². The average molecular weight is 356 g/mol. The number of imide groups is 1. The van der Waals surface area contributed by atoms with E-state index in [9.17, 15) is 9.59 Å². The van der Waals surface area contributed by atoms with E-state index in [4.69, 9.17) is 4.74 Å². The van der Waals surface area contributed by atoms with Gasteiger partial charge in [-0.15, -0.1) is 0 Å². The summed E-state index contributed by atoms with van der Waals surface area (Å²) in [5.74, 6) is 1.43. The van der Waals surface area contributed by atoms with Crippen molar-refractivity contribution in [2.75, 3.05) is 25.1 Å². The summed E-state index contributed by atoms with van der Waals surface area (Å²) in [6, 6.07) is 13.2. The van der Waals surface area contributed by atoms with Crippen molar-refractivity contribution in [1.82, 2.24) is 4.98 Å². The number of nitrogens with zero attached hydrogens (tertiary/aromatic N) is 2. The number of aromatic nitrogens is 1. The molecule has 6 nitrogen and oxygen atoms in total. The van der Waals surface area contributed by atoms with Gasteiger partial charge < -0.3 is 9.64 Å². The van der Waals surface area contributed by atoms with Gasteiger partial charge >= 0.3 is 11.1 Å². The zero-order valence-corrected chi connectivity index (χ0v) is 14.5. The smallest absolute Gasteiger partial charge is 0.384 e. The van der Waals surface area contributed by atoms with E-state index in [2.05, 4.69) is 4.98 Å². The predicted molar refractivity (Wildman–Crippen MR) is 97.3 cm³/mol. The molecule has 1 aliphatic heterocycles. The number of nitrogens with two attached hydrogens (primary N) is 1. The molecule has 25 heavy (non-hydrogen) atoms. The number of anilines is 1. The van der Waals surface area contributed by atoms with Crippen LogP contribution < -0.4 is 15.0 Å². The van der Waals surface area contributed by atoms with Crippen LogP contribution in [0.15, 0.2) is 53.6 Å². The van der Waals surface area contributed by atoms with Gasteiger partial charge in [0.2, 0.25) is 0 Å². The summed E-state index contributed by atoms with van der Waals surface area (Å²) in [6.45, 7) is 1.25. The number of amides is 2. The zero-order valence-electron chi connectivity index (χ0n) is 13.7. The number of hydrogen-bond acceptors (Lipinski definition) is 6. The van der Waals surface area contributed by atoms with Crippen LogP contribution in [0.1, 0.15) is 5.56 Å². The molecular formula is C18H18N3O3S+. The van der Waals surface area contributed by atoms with E-state index in [0.29, 0.717) is 18.1 Å². The Morgan fingerprint density at radius 2 is 2.00 bits per heavy atom. The molecule has 1 aromatic carbocycles. The highest BCUT2D eigenvalue weighted by Crippen LogP contribution is 2.22. The Bertz CT molecular complexity index is 791. The fourth-order valence-corrected chi connectivity index (χ4v) is 3.01. The topological polar surface area (TPSA) is 76.1 Å². The number of primary amides is 2. The molecule has 1 aromatic heterocycles. The summed E-state index contributed by atoms with van der Waals surface area (Å²) in [7, 11) is 1.97. The number of benzene rings is 1. The maximum atomic E-state index is 11.6. The first-order valence-corrected chi connectivity index (χ1v) is 8.61. The lowest BCUT2D eigenvalue weighted by Crippen LogP contribution is -2.87. The number of carbonyl (C=O) groups is 2. The van der Waals surface area contributed by atoms with Crippen LogP contribution in [0.25, 0.3) is 6.08 Å². The van der Waals surface area contributed by atoms with Crippen LogP contribution in [0, 0.1) is 0 Å². The lowest BCUT2D eigenvalue weighted by atomic mass is 10.2. The zero-order chi connectivity index (χ0) is 17.6. The Morgan fingerprint density at radius 1 is 1.20 bits per heavy atom. The fourth-order valence-electron chi connectivity index (χ4n) is 2.27. The molecule has 0 radical (unpaired) electrons. The van der Waals surface area contributed by atoms with Crippen LogP contribution in [0.5, 0.6) is 5.75 Å². The van der Waals surface area contributed by atoms with Crippen molar-refractivity contribution >= 4 is 34.8 Å². The molecule has 0 bridgehead atoms. The number of rotatable bonds is 6. The van der Waals surface area contributed by atoms with Gasteiger partial charge in [-0.3, -0.25) is 0 Å². The van der Waals surface area contributed by atoms with Crippen molar-refractivity contribution in [2.24, 2.45) is 0 Å². The summed E-state index contributed by atoms with van der Waals surface area (Å²) < 4.78 is 5.74. The number of thioether (sulfide) groups is 1. The van der Waals surface area contributed by atoms with Crippen molar-refractivity contribution in [3.8, 4) is 5.75 Å². The number of pyridine rings is 1. The highest BCUT2D eigenvalue weighted by molar-refractivity contribution is 8.17. The molecule has 3 rings (SSSR count). The minimum atomic E-state index is -0.229. The Morgan fingerprint density at radius 3 is 2.64 bits per heavy atom. The van der Waals surface area contributed by atoms with E-state index < -0.39 is 0 Å². The van der Waals surface area contributed by atoms with E-state index in [-0.39, 0.29) is 11.1 Å². The van der Waals surface area contributed by atoms with Gasteiger partial charge in [-0.05, 0) is 35.9 Å². The summed E-state index contributed by atoms with van der Waals surface area (Å²) >= 11 is 0.962. The summed E-state index contributed by atoms with van der Waals surface area (Å²) in [4.78, 5) is 29.5. The molecule has 1 saturated heterocycles. The third-order valence-electron chi connectivity index (χ3n) is 3.62. The van der Waals surface area contributed by atoms with Crippen molar-refractivity contribution in [1.29, 1.82) is 0 Å². The predicted octanol–water partition coefficient (Wildman–Crippen LogP) is 1.89. The van der Waals surface area contributed by atoms with Crippen LogP contribution in [0.4, 0.5) is 10.6 Å². The van der Waals surface area contributed by atoms with Crippen molar-refractivity contribution in [2.45, 2.75) is 0 Å². The standard InChI is InChI=1S/C18H17N3O3S/c1-21(16-4-2-3-9-19-16)10-11-24-14-7-5-13(6-8-14)12-15-17(22)20-18(23)25-15/h2-9,12H,10-11H2,1H3,(H,20,22,23)/p+1. The van der Waals surface area contributed by atoms with Crippen LogP contribution in [0.3, 0.4) is 0 Å². The molecule has 0 atom stereocenters. The lowest BCUT2D eigenvalue weighted by molar-refractivity contribution is -0.451. The molecule has 128 valence electrons. The first kappa shape index (κ1) is 17.2. The molecule has 2 N–H and O–H groups in total.